The van der Waals surface area contributed by atoms with Crippen LogP contribution in [0.2, 0.25) is 0 Å². The van der Waals surface area contributed by atoms with Gasteiger partial charge >= 0.3 is 0 Å². The van der Waals surface area contributed by atoms with Crippen molar-refractivity contribution in [1.82, 2.24) is 10.1 Å². The lowest BCUT2D eigenvalue weighted by Gasteiger charge is -2.09. The van der Waals surface area contributed by atoms with E-state index in [-0.39, 0.29) is 5.89 Å². The highest BCUT2D eigenvalue weighted by Gasteiger charge is 2.24. The van der Waals surface area contributed by atoms with E-state index in [0.717, 1.165) is 6.29 Å². The molecular formula is C12H12N2O3. The third-order valence-corrected chi connectivity index (χ3v) is 2.23. The summed E-state index contributed by atoms with van der Waals surface area (Å²) in [5.74, 6) is 0.495. The molecule has 88 valence electrons. The van der Waals surface area contributed by atoms with Gasteiger partial charge in [0.05, 0.1) is 0 Å². The summed E-state index contributed by atoms with van der Waals surface area (Å²) in [5.41, 5.74) is 0.0408. The fourth-order valence-electron chi connectivity index (χ4n) is 1.34. The Morgan fingerprint density at radius 2 is 2.18 bits per heavy atom. The van der Waals surface area contributed by atoms with Gasteiger partial charge in [0.2, 0.25) is 5.82 Å². The summed E-state index contributed by atoms with van der Waals surface area (Å²) in [5, 5.41) is 13.5. The summed E-state index contributed by atoms with van der Waals surface area (Å²) in [4.78, 5) is 14.7. The molecule has 0 spiro atoms. The van der Waals surface area contributed by atoms with Crippen LogP contribution in [0.1, 0.15) is 30.1 Å². The molecule has 1 aromatic carbocycles. The molecule has 0 saturated carbocycles. The molecule has 0 atom stereocenters. The zero-order chi connectivity index (χ0) is 12.5. The monoisotopic (exact) mass is 232 g/mol. The van der Waals surface area contributed by atoms with Crippen molar-refractivity contribution in [2.45, 2.75) is 19.4 Å². The van der Waals surface area contributed by atoms with Gasteiger partial charge in [-0.1, -0.05) is 23.4 Å². The van der Waals surface area contributed by atoms with Crippen molar-refractivity contribution in [3.05, 3.63) is 35.7 Å². The van der Waals surface area contributed by atoms with Gasteiger partial charge in [-0.15, -0.1) is 0 Å². The van der Waals surface area contributed by atoms with Gasteiger partial charge in [-0.3, -0.25) is 4.79 Å². The second-order valence-corrected chi connectivity index (χ2v) is 4.23. The molecule has 0 saturated heterocycles. The average Bonchev–Trinajstić information content (AvgIpc) is 2.78. The van der Waals surface area contributed by atoms with E-state index in [1.165, 1.54) is 0 Å². The Balaban J connectivity index is 2.40. The highest BCUT2D eigenvalue weighted by atomic mass is 16.5. The molecule has 0 amide bonds. The molecule has 2 aromatic rings. The molecule has 1 heterocycles. The number of nitrogens with zero attached hydrogens (tertiary/aromatic N) is 2. The maximum atomic E-state index is 10.7. The number of aliphatic hydroxyl groups is 1. The summed E-state index contributed by atoms with van der Waals surface area (Å²) in [6.45, 7) is 3.12. The molecule has 17 heavy (non-hydrogen) atoms. The summed E-state index contributed by atoms with van der Waals surface area (Å²) >= 11 is 0. The van der Waals surface area contributed by atoms with E-state index in [2.05, 4.69) is 10.1 Å². The van der Waals surface area contributed by atoms with Gasteiger partial charge in [0.25, 0.3) is 5.89 Å². The first kappa shape index (κ1) is 11.5. The van der Waals surface area contributed by atoms with E-state index in [4.69, 9.17) is 4.52 Å². The van der Waals surface area contributed by atoms with Crippen LogP contribution in [0, 0.1) is 0 Å². The molecule has 0 fully saturated rings. The van der Waals surface area contributed by atoms with Crippen LogP contribution in [-0.4, -0.2) is 21.5 Å². The molecule has 1 aromatic heterocycles. The van der Waals surface area contributed by atoms with E-state index < -0.39 is 5.60 Å². The van der Waals surface area contributed by atoms with Gasteiger partial charge in [0.15, 0.2) is 0 Å². The highest BCUT2D eigenvalue weighted by molar-refractivity contribution is 5.77. The van der Waals surface area contributed by atoms with Gasteiger partial charge in [-0.2, -0.15) is 4.98 Å². The highest BCUT2D eigenvalue weighted by Crippen LogP contribution is 2.22. The topological polar surface area (TPSA) is 76.2 Å². The maximum absolute atomic E-state index is 10.7. The van der Waals surface area contributed by atoms with Crippen LogP contribution in [0.4, 0.5) is 0 Å². The predicted molar refractivity (Wildman–Crippen MR) is 60.4 cm³/mol. The van der Waals surface area contributed by atoms with E-state index in [9.17, 15) is 9.90 Å². The number of carbonyl (C=O) groups is 1. The Hall–Kier alpha value is -2.01. The summed E-state index contributed by atoms with van der Waals surface area (Å²) in [7, 11) is 0. The normalized spacial score (nSPS) is 11.5. The quantitative estimate of drug-likeness (QED) is 0.816. The van der Waals surface area contributed by atoms with Crippen molar-refractivity contribution in [2.75, 3.05) is 0 Å². The Morgan fingerprint density at radius 3 is 2.76 bits per heavy atom. The Labute approximate surface area is 98.1 Å². The lowest BCUT2D eigenvalue weighted by Crippen LogP contribution is -2.15. The van der Waals surface area contributed by atoms with Crippen molar-refractivity contribution in [2.24, 2.45) is 0 Å². The van der Waals surface area contributed by atoms with Crippen molar-refractivity contribution < 1.29 is 14.4 Å². The van der Waals surface area contributed by atoms with E-state index in [1.54, 1.807) is 38.1 Å². The molecule has 0 unspecified atom stereocenters. The number of hydrogen-bond acceptors (Lipinski definition) is 5. The first-order valence-corrected chi connectivity index (χ1v) is 5.13. The molecule has 0 bridgehead atoms. The summed E-state index contributed by atoms with van der Waals surface area (Å²) < 4.78 is 4.96. The SMILES string of the molecule is CC(C)(O)c1nc(-c2cccc(C=O)c2)no1. The van der Waals surface area contributed by atoms with Crippen LogP contribution in [0.3, 0.4) is 0 Å². The summed E-state index contributed by atoms with van der Waals surface area (Å²) in [6.07, 6.45) is 0.750. The van der Waals surface area contributed by atoms with Crippen LogP contribution in [0.15, 0.2) is 28.8 Å². The molecule has 0 aliphatic rings. The fraction of sp³-hybridized carbons (Fsp3) is 0.250. The van der Waals surface area contributed by atoms with Gasteiger partial charge in [-0.25, -0.2) is 0 Å². The second kappa shape index (κ2) is 4.10. The van der Waals surface area contributed by atoms with Crippen molar-refractivity contribution in [3.63, 3.8) is 0 Å². The standard InChI is InChI=1S/C12H12N2O3/c1-12(2,16)11-13-10(14-17-11)9-5-3-4-8(6-9)7-15/h3-7,16H,1-2H3. The van der Waals surface area contributed by atoms with Gasteiger partial charge < -0.3 is 9.63 Å². The molecule has 5 nitrogen and oxygen atoms in total. The number of rotatable bonds is 3. The van der Waals surface area contributed by atoms with Gasteiger partial charge in [-0.05, 0) is 19.9 Å². The third kappa shape index (κ3) is 2.39. The Bertz CT molecular complexity index is 541. The van der Waals surface area contributed by atoms with Gasteiger partial charge in [0, 0.05) is 11.1 Å². The predicted octanol–water partition coefficient (Wildman–Crippen LogP) is 1.78. The van der Waals surface area contributed by atoms with E-state index in [1.807, 2.05) is 0 Å². The van der Waals surface area contributed by atoms with Crippen LogP contribution in [0.5, 0.6) is 0 Å². The molecule has 1 N–H and O–H groups in total. The zero-order valence-corrected chi connectivity index (χ0v) is 9.54. The summed E-state index contributed by atoms with van der Waals surface area (Å²) in [6, 6.07) is 6.85. The number of hydrogen-bond donors (Lipinski definition) is 1. The molecule has 2 rings (SSSR count). The Kier molecular flexibility index (Phi) is 2.77. The minimum Gasteiger partial charge on any atom is -0.381 e. The van der Waals surface area contributed by atoms with Crippen LogP contribution in [0.25, 0.3) is 11.4 Å². The second-order valence-electron chi connectivity index (χ2n) is 4.23. The molecule has 0 radical (unpaired) electrons. The minimum atomic E-state index is -1.17. The first-order valence-electron chi connectivity index (χ1n) is 5.13. The fourth-order valence-corrected chi connectivity index (χ4v) is 1.34. The van der Waals surface area contributed by atoms with E-state index >= 15 is 0 Å². The number of aldehydes is 1. The molecule has 0 aliphatic carbocycles. The van der Waals surface area contributed by atoms with Crippen LogP contribution in [-0.2, 0) is 5.60 Å². The lowest BCUT2D eigenvalue weighted by atomic mass is 10.1. The molecule has 5 heteroatoms. The van der Waals surface area contributed by atoms with Crippen LogP contribution >= 0.6 is 0 Å². The Morgan fingerprint density at radius 1 is 1.41 bits per heavy atom. The van der Waals surface area contributed by atoms with Gasteiger partial charge in [0.1, 0.15) is 11.9 Å². The smallest absolute Gasteiger partial charge is 0.258 e. The number of aromatic nitrogens is 2. The van der Waals surface area contributed by atoms with E-state index in [0.29, 0.717) is 17.0 Å². The zero-order valence-electron chi connectivity index (χ0n) is 9.54. The lowest BCUT2D eigenvalue weighted by molar-refractivity contribution is 0.0420. The van der Waals surface area contributed by atoms with Crippen molar-refractivity contribution in [1.29, 1.82) is 0 Å². The first-order chi connectivity index (χ1) is 8.00. The maximum Gasteiger partial charge on any atom is 0.258 e. The minimum absolute atomic E-state index is 0.143. The number of carbonyl (C=O) groups excluding carboxylic acids is 1. The van der Waals surface area contributed by atoms with Crippen molar-refractivity contribution in [3.8, 4) is 11.4 Å². The molecular weight excluding hydrogens is 220 g/mol. The third-order valence-electron chi connectivity index (χ3n) is 2.23. The molecule has 0 aliphatic heterocycles. The van der Waals surface area contributed by atoms with Crippen molar-refractivity contribution >= 4 is 6.29 Å². The largest absolute Gasteiger partial charge is 0.381 e. The average molecular weight is 232 g/mol. The number of benzene rings is 1. The van der Waals surface area contributed by atoms with Crippen LogP contribution < -0.4 is 0 Å².